The molecule has 0 aliphatic carbocycles. The summed E-state index contributed by atoms with van der Waals surface area (Å²) in [6.07, 6.45) is 0.893. The van der Waals surface area contributed by atoms with Gasteiger partial charge in [0.1, 0.15) is 0 Å². The molecule has 3 rings (SSSR count). The molecule has 2 heterocycles. The molecule has 1 atom stereocenters. The molecule has 116 valence electrons. The second-order valence-corrected chi connectivity index (χ2v) is 6.99. The number of hydrogen-bond acceptors (Lipinski definition) is 3. The van der Waals surface area contributed by atoms with Crippen LogP contribution >= 0.6 is 0 Å². The van der Waals surface area contributed by atoms with Gasteiger partial charge in [-0.2, -0.15) is 5.10 Å². The molecule has 1 fully saturated rings. The van der Waals surface area contributed by atoms with E-state index in [1.807, 2.05) is 7.05 Å². The van der Waals surface area contributed by atoms with Crippen molar-refractivity contribution in [3.05, 3.63) is 29.5 Å². The number of benzene rings is 1. The second kappa shape index (κ2) is 4.93. The molecule has 22 heavy (non-hydrogen) atoms. The van der Waals surface area contributed by atoms with Gasteiger partial charge in [-0.1, -0.05) is 26.8 Å². The first-order valence-electron chi connectivity index (χ1n) is 7.58. The highest BCUT2D eigenvalue weighted by Crippen LogP contribution is 2.33. The van der Waals surface area contributed by atoms with E-state index >= 15 is 0 Å². The van der Waals surface area contributed by atoms with Crippen LogP contribution in [0, 0.1) is 0 Å². The van der Waals surface area contributed by atoms with Crippen molar-refractivity contribution in [2.24, 2.45) is 7.05 Å². The van der Waals surface area contributed by atoms with Crippen LogP contribution in [0.25, 0.3) is 10.9 Å². The summed E-state index contributed by atoms with van der Waals surface area (Å²) >= 11 is 0. The quantitative estimate of drug-likeness (QED) is 0.822. The topological polar surface area (TPSA) is 64.0 Å². The number of carbonyl (C=O) groups excluding carboxylic acids is 2. The Morgan fingerprint density at radius 3 is 2.64 bits per heavy atom. The van der Waals surface area contributed by atoms with Crippen LogP contribution in [0.15, 0.2) is 18.2 Å². The molecule has 0 radical (unpaired) electrons. The molecule has 1 saturated heterocycles. The lowest BCUT2D eigenvalue weighted by Crippen LogP contribution is -2.39. The molecule has 5 heteroatoms. The van der Waals surface area contributed by atoms with Gasteiger partial charge in [-0.05, 0) is 29.5 Å². The fourth-order valence-electron chi connectivity index (χ4n) is 2.97. The molecular formula is C17H21N3O2. The third-order valence-electron chi connectivity index (χ3n) is 4.31. The van der Waals surface area contributed by atoms with E-state index in [0.29, 0.717) is 12.8 Å². The molecule has 5 nitrogen and oxygen atoms in total. The van der Waals surface area contributed by atoms with E-state index in [0.717, 1.165) is 16.6 Å². The third-order valence-corrected chi connectivity index (χ3v) is 4.31. The summed E-state index contributed by atoms with van der Waals surface area (Å²) in [5.74, 6) is -0.786. The van der Waals surface area contributed by atoms with E-state index in [1.54, 1.807) is 4.68 Å². The normalized spacial score (nSPS) is 19.5. The van der Waals surface area contributed by atoms with Crippen LogP contribution in [-0.4, -0.2) is 21.6 Å². The fraction of sp³-hybridized carbons (Fsp3) is 0.471. The first-order chi connectivity index (χ1) is 10.3. The van der Waals surface area contributed by atoms with Crippen molar-refractivity contribution in [3.63, 3.8) is 0 Å². The zero-order valence-electron chi connectivity index (χ0n) is 13.4. The number of nitrogens with zero attached hydrogens (tertiary/aromatic N) is 2. The number of imide groups is 1. The molecule has 1 aromatic heterocycles. The molecule has 0 saturated carbocycles. The molecule has 1 N–H and O–H groups in total. The summed E-state index contributed by atoms with van der Waals surface area (Å²) in [5, 5.41) is 7.98. The monoisotopic (exact) mass is 299 g/mol. The average molecular weight is 299 g/mol. The molecule has 0 bridgehead atoms. The maximum atomic E-state index is 12.2. The van der Waals surface area contributed by atoms with Gasteiger partial charge in [0.25, 0.3) is 0 Å². The van der Waals surface area contributed by atoms with E-state index in [2.05, 4.69) is 49.4 Å². The van der Waals surface area contributed by atoms with Crippen molar-refractivity contribution in [2.75, 3.05) is 0 Å². The molecule has 1 unspecified atom stereocenters. The van der Waals surface area contributed by atoms with E-state index in [-0.39, 0.29) is 23.1 Å². The summed E-state index contributed by atoms with van der Waals surface area (Å²) in [7, 11) is 1.88. The minimum absolute atomic E-state index is 0.0338. The van der Waals surface area contributed by atoms with Crippen LogP contribution in [0.2, 0.25) is 0 Å². The lowest BCUT2D eigenvalue weighted by atomic mass is 9.85. The summed E-state index contributed by atoms with van der Waals surface area (Å²) in [4.78, 5) is 23.5. The van der Waals surface area contributed by atoms with Crippen LogP contribution in [-0.2, 0) is 22.1 Å². The zero-order valence-corrected chi connectivity index (χ0v) is 13.4. The SMILES string of the molecule is Cn1nc(C2CCC(=O)NC2=O)c2cc(C(C)(C)C)ccc21. The fourth-order valence-corrected chi connectivity index (χ4v) is 2.97. The molecule has 2 amide bonds. The predicted octanol–water partition coefficient (Wildman–Crippen LogP) is 2.39. The number of piperidine rings is 1. The minimum Gasteiger partial charge on any atom is -0.296 e. The van der Waals surface area contributed by atoms with Gasteiger partial charge in [0.2, 0.25) is 11.8 Å². The Hall–Kier alpha value is -2.17. The van der Waals surface area contributed by atoms with Crippen molar-refractivity contribution in [2.45, 2.75) is 44.9 Å². The smallest absolute Gasteiger partial charge is 0.235 e. The Morgan fingerprint density at radius 1 is 1.27 bits per heavy atom. The Balaban J connectivity index is 2.13. The van der Waals surface area contributed by atoms with Gasteiger partial charge >= 0.3 is 0 Å². The van der Waals surface area contributed by atoms with Crippen LogP contribution in [0.3, 0.4) is 0 Å². The lowest BCUT2D eigenvalue weighted by molar-refractivity contribution is -0.134. The van der Waals surface area contributed by atoms with Crippen LogP contribution in [0.1, 0.15) is 50.8 Å². The zero-order chi connectivity index (χ0) is 16.1. The third kappa shape index (κ3) is 2.40. The van der Waals surface area contributed by atoms with Crippen LogP contribution in [0.5, 0.6) is 0 Å². The number of amides is 2. The first-order valence-corrected chi connectivity index (χ1v) is 7.58. The summed E-state index contributed by atoms with van der Waals surface area (Å²) in [6, 6.07) is 6.29. The van der Waals surface area contributed by atoms with Gasteiger partial charge in [-0.15, -0.1) is 0 Å². The van der Waals surface area contributed by atoms with Crippen molar-refractivity contribution in [1.82, 2.24) is 15.1 Å². The second-order valence-electron chi connectivity index (χ2n) is 6.99. The standard InChI is InChI=1S/C17H21N3O2/c1-17(2,3)10-5-7-13-12(9-10)15(19-20(13)4)11-6-8-14(21)18-16(11)22/h5,7,9,11H,6,8H2,1-4H3,(H,18,21,22). The summed E-state index contributed by atoms with van der Waals surface area (Å²) in [5.41, 5.74) is 3.02. The summed E-state index contributed by atoms with van der Waals surface area (Å²) in [6.45, 7) is 6.49. The average Bonchev–Trinajstić information content (AvgIpc) is 2.75. The number of rotatable bonds is 1. The van der Waals surface area contributed by atoms with Crippen molar-refractivity contribution in [3.8, 4) is 0 Å². The molecule has 1 aliphatic rings. The molecule has 2 aromatic rings. The summed E-state index contributed by atoms with van der Waals surface area (Å²) < 4.78 is 1.81. The Morgan fingerprint density at radius 2 is 2.00 bits per heavy atom. The van der Waals surface area contributed by atoms with Gasteiger partial charge in [0.15, 0.2) is 0 Å². The molecule has 1 aliphatic heterocycles. The number of fused-ring (bicyclic) bond motifs is 1. The van der Waals surface area contributed by atoms with Crippen LogP contribution in [0.4, 0.5) is 0 Å². The predicted molar refractivity (Wildman–Crippen MR) is 84.5 cm³/mol. The van der Waals surface area contributed by atoms with Gasteiger partial charge in [-0.3, -0.25) is 19.6 Å². The minimum atomic E-state index is -0.350. The number of aromatic nitrogens is 2. The largest absolute Gasteiger partial charge is 0.296 e. The van der Waals surface area contributed by atoms with Crippen molar-refractivity contribution in [1.29, 1.82) is 0 Å². The van der Waals surface area contributed by atoms with Gasteiger partial charge in [0.05, 0.1) is 17.1 Å². The van der Waals surface area contributed by atoms with Crippen molar-refractivity contribution < 1.29 is 9.59 Å². The van der Waals surface area contributed by atoms with Gasteiger partial charge in [0, 0.05) is 18.9 Å². The molecular weight excluding hydrogens is 278 g/mol. The molecule has 0 spiro atoms. The van der Waals surface area contributed by atoms with Crippen molar-refractivity contribution >= 4 is 22.7 Å². The maximum absolute atomic E-state index is 12.2. The number of nitrogens with one attached hydrogen (secondary N) is 1. The van der Waals surface area contributed by atoms with Gasteiger partial charge < -0.3 is 0 Å². The Kier molecular flexibility index (Phi) is 3.31. The highest BCUT2D eigenvalue weighted by molar-refractivity contribution is 6.02. The van der Waals surface area contributed by atoms with E-state index < -0.39 is 0 Å². The van der Waals surface area contributed by atoms with E-state index in [4.69, 9.17) is 0 Å². The lowest BCUT2D eigenvalue weighted by Gasteiger charge is -2.21. The first kappa shape index (κ1) is 14.8. The highest BCUT2D eigenvalue weighted by atomic mass is 16.2. The molecule has 1 aromatic carbocycles. The van der Waals surface area contributed by atoms with Crippen LogP contribution < -0.4 is 5.32 Å². The number of carbonyl (C=O) groups is 2. The Bertz CT molecular complexity index is 768. The van der Waals surface area contributed by atoms with E-state index in [9.17, 15) is 9.59 Å². The maximum Gasteiger partial charge on any atom is 0.235 e. The van der Waals surface area contributed by atoms with Gasteiger partial charge in [-0.25, -0.2) is 0 Å². The number of aryl methyl sites for hydroxylation is 1. The highest BCUT2D eigenvalue weighted by Gasteiger charge is 2.31. The van der Waals surface area contributed by atoms with E-state index in [1.165, 1.54) is 5.56 Å². The number of hydrogen-bond donors (Lipinski definition) is 1. The Labute approximate surface area is 129 Å².